The summed E-state index contributed by atoms with van der Waals surface area (Å²) in [6.45, 7) is 2.27. The minimum Gasteiger partial charge on any atom is -0.0860 e. The Morgan fingerprint density at radius 2 is 1.86 bits per heavy atom. The fourth-order valence-corrected chi connectivity index (χ4v) is 3.03. The maximum Gasteiger partial charge on any atom is 0.0659 e. The second-order valence-corrected chi connectivity index (χ2v) is 7.41. The number of rotatable bonds is 2. The van der Waals surface area contributed by atoms with E-state index in [4.69, 9.17) is 0 Å². The van der Waals surface area contributed by atoms with Crippen molar-refractivity contribution in [1.29, 1.82) is 0 Å². The van der Waals surface area contributed by atoms with Gasteiger partial charge in [0.15, 0.2) is 0 Å². The Kier molecular flexibility index (Phi) is 6.58. The van der Waals surface area contributed by atoms with Crippen molar-refractivity contribution >= 4 is 67.8 Å². The molecule has 1 atom stereocenters. The number of halogens is 3. The third-order valence-electron chi connectivity index (χ3n) is 0.674. The first-order valence-corrected chi connectivity index (χ1v) is 6.04. The summed E-state index contributed by atoms with van der Waals surface area (Å²) in [7, 11) is 0. The van der Waals surface area contributed by atoms with Gasteiger partial charge in [0.25, 0.3) is 0 Å². The van der Waals surface area contributed by atoms with Crippen LogP contribution in [0.25, 0.3) is 0 Å². The normalized spacial score (nSPS) is 15.0. The van der Waals surface area contributed by atoms with Gasteiger partial charge >= 0.3 is 0 Å². The molecule has 0 aromatic heterocycles. The van der Waals surface area contributed by atoms with Crippen LogP contribution in [0.1, 0.15) is 6.92 Å². The van der Waals surface area contributed by atoms with E-state index in [1.165, 1.54) is 4.43 Å². The van der Waals surface area contributed by atoms with E-state index in [1.54, 1.807) is 0 Å². The summed E-state index contributed by atoms with van der Waals surface area (Å²) in [5, 5.41) is 0. The van der Waals surface area contributed by atoms with Gasteiger partial charge < -0.3 is 0 Å². The highest BCUT2D eigenvalue weighted by atomic mass is 127. The van der Waals surface area contributed by atoms with Gasteiger partial charge in [0.1, 0.15) is 0 Å². The maximum absolute atomic E-state index is 2.45. The third-order valence-corrected chi connectivity index (χ3v) is 4.52. The summed E-state index contributed by atoms with van der Waals surface area (Å²) < 4.78 is 2.07. The van der Waals surface area contributed by atoms with Crippen LogP contribution in [0.3, 0.4) is 0 Å². The first-order chi connectivity index (χ1) is 3.18. The van der Waals surface area contributed by atoms with Gasteiger partial charge in [0, 0.05) is 4.43 Å². The van der Waals surface area contributed by atoms with E-state index in [1.807, 2.05) is 0 Å². The van der Waals surface area contributed by atoms with E-state index >= 15 is 0 Å². The molecule has 0 rings (SSSR count). The van der Waals surface area contributed by atoms with E-state index in [2.05, 4.69) is 74.7 Å². The molecule has 0 bridgehead atoms. The van der Waals surface area contributed by atoms with Crippen molar-refractivity contribution in [2.45, 2.75) is 8.86 Å². The van der Waals surface area contributed by atoms with Gasteiger partial charge in [-0.25, -0.2) is 0 Å². The molecule has 0 aliphatic heterocycles. The molecule has 0 heterocycles. The molecule has 0 aliphatic rings. The monoisotopic (exact) mass is 436 g/mol. The molecule has 0 radical (unpaired) electrons. The molecule has 0 saturated heterocycles. The summed E-state index contributed by atoms with van der Waals surface area (Å²) in [6.07, 6.45) is 0. The van der Waals surface area contributed by atoms with Gasteiger partial charge in [-0.1, -0.05) is 74.7 Å². The second kappa shape index (κ2) is 5.01. The van der Waals surface area contributed by atoms with Gasteiger partial charge in [-0.2, -0.15) is 0 Å². The van der Waals surface area contributed by atoms with Crippen LogP contribution in [0.15, 0.2) is 0 Å². The summed E-state index contributed by atoms with van der Waals surface area (Å²) in [4.78, 5) is 0. The standard InChI is InChI=1S/C4H7I3/c1-3(2-5)4(6)7/h3-4H,2H2,1H3. The Labute approximate surface area is 85.6 Å². The lowest BCUT2D eigenvalue weighted by Gasteiger charge is -2.06. The molecule has 0 aromatic carbocycles. The summed E-state index contributed by atoms with van der Waals surface area (Å²) in [5.41, 5.74) is 0. The topological polar surface area (TPSA) is 0 Å². The molecule has 1 unspecified atom stereocenters. The Morgan fingerprint density at radius 3 is 1.86 bits per heavy atom. The molecule has 0 nitrogen and oxygen atoms in total. The number of hydrogen-bond donors (Lipinski definition) is 0. The fourth-order valence-electron chi connectivity index (χ4n) is 0.0673. The predicted molar refractivity (Wildman–Crippen MR) is 59.9 cm³/mol. The highest BCUT2D eigenvalue weighted by molar-refractivity contribution is 14.2. The Bertz CT molecular complexity index is 44.2. The lowest BCUT2D eigenvalue weighted by atomic mass is 10.3. The molecule has 0 amide bonds. The molecule has 0 spiro atoms. The molecule has 0 saturated carbocycles. The average Bonchev–Trinajstić information content (AvgIpc) is 1.65. The molecule has 0 fully saturated rings. The minimum absolute atomic E-state index is 0.798. The second-order valence-electron chi connectivity index (χ2n) is 1.47. The van der Waals surface area contributed by atoms with E-state index in [0.717, 1.165) is 7.85 Å². The fraction of sp³-hybridized carbons (Fsp3) is 1.00. The van der Waals surface area contributed by atoms with E-state index in [0.29, 0.717) is 0 Å². The minimum atomic E-state index is 0.798. The molecular weight excluding hydrogens is 429 g/mol. The van der Waals surface area contributed by atoms with Crippen molar-refractivity contribution in [3.63, 3.8) is 0 Å². The van der Waals surface area contributed by atoms with Crippen LogP contribution in [0.2, 0.25) is 0 Å². The maximum atomic E-state index is 2.45. The molecule has 3 heteroatoms. The van der Waals surface area contributed by atoms with Gasteiger partial charge in [-0.05, 0) is 5.92 Å². The van der Waals surface area contributed by atoms with Crippen molar-refractivity contribution in [3.8, 4) is 0 Å². The first kappa shape index (κ1) is 9.19. The van der Waals surface area contributed by atoms with Gasteiger partial charge in [0.2, 0.25) is 0 Å². The lowest BCUT2D eigenvalue weighted by Crippen LogP contribution is -2.02. The zero-order valence-corrected chi connectivity index (χ0v) is 10.5. The third kappa shape index (κ3) is 4.68. The molecule has 44 valence electrons. The molecule has 0 aliphatic carbocycles. The zero-order chi connectivity index (χ0) is 5.86. The van der Waals surface area contributed by atoms with E-state index in [-0.39, 0.29) is 0 Å². The number of alkyl halides is 3. The summed E-state index contributed by atoms with van der Waals surface area (Å²) in [5.74, 6) is 0.863. The summed E-state index contributed by atoms with van der Waals surface area (Å²) >= 11 is 7.32. The van der Waals surface area contributed by atoms with Gasteiger partial charge in [-0.3, -0.25) is 0 Å². The highest BCUT2D eigenvalue weighted by Gasteiger charge is 2.05. The molecule has 0 aromatic rings. The quantitative estimate of drug-likeness (QED) is 0.461. The van der Waals surface area contributed by atoms with E-state index in [9.17, 15) is 0 Å². The van der Waals surface area contributed by atoms with Crippen LogP contribution in [-0.2, 0) is 0 Å². The molecular formula is C4H7I3. The first-order valence-electron chi connectivity index (χ1n) is 2.02. The van der Waals surface area contributed by atoms with Crippen molar-refractivity contribution in [2.24, 2.45) is 5.92 Å². The zero-order valence-electron chi connectivity index (χ0n) is 4.00. The van der Waals surface area contributed by atoms with Gasteiger partial charge in [0.05, 0.1) is 1.93 Å². The van der Waals surface area contributed by atoms with Crippen LogP contribution < -0.4 is 0 Å². The average molecular weight is 436 g/mol. The Hall–Kier alpha value is 2.19. The van der Waals surface area contributed by atoms with Gasteiger partial charge in [-0.15, -0.1) is 0 Å². The Balaban J connectivity index is 3.14. The molecule has 0 N–H and O–H groups in total. The van der Waals surface area contributed by atoms with E-state index < -0.39 is 0 Å². The lowest BCUT2D eigenvalue weighted by molar-refractivity contribution is 0.776. The van der Waals surface area contributed by atoms with Crippen LogP contribution in [-0.4, -0.2) is 6.36 Å². The highest BCUT2D eigenvalue weighted by Crippen LogP contribution is 2.21. The van der Waals surface area contributed by atoms with Crippen LogP contribution in [0, 0.1) is 5.92 Å². The van der Waals surface area contributed by atoms with Crippen molar-refractivity contribution in [2.75, 3.05) is 4.43 Å². The van der Waals surface area contributed by atoms with Crippen molar-refractivity contribution < 1.29 is 0 Å². The summed E-state index contributed by atoms with van der Waals surface area (Å²) in [6, 6.07) is 0. The van der Waals surface area contributed by atoms with Crippen molar-refractivity contribution in [3.05, 3.63) is 0 Å². The molecule has 7 heavy (non-hydrogen) atoms. The smallest absolute Gasteiger partial charge is 0.0659 e. The number of hydrogen-bond acceptors (Lipinski definition) is 0. The van der Waals surface area contributed by atoms with Crippen LogP contribution >= 0.6 is 67.8 Å². The van der Waals surface area contributed by atoms with Crippen molar-refractivity contribution in [1.82, 2.24) is 0 Å². The SMILES string of the molecule is CC(CI)C(I)I. The predicted octanol–water partition coefficient (Wildman–Crippen LogP) is 3.25. The van der Waals surface area contributed by atoms with Crippen LogP contribution in [0.4, 0.5) is 0 Å². The largest absolute Gasteiger partial charge is 0.0860 e. The Morgan fingerprint density at radius 1 is 1.43 bits per heavy atom. The van der Waals surface area contributed by atoms with Crippen LogP contribution in [0.5, 0.6) is 0 Å².